The van der Waals surface area contributed by atoms with E-state index in [4.69, 9.17) is 42.6 Å². The average Bonchev–Trinajstić information content (AvgIpc) is 3.33. The number of aliphatic carboxylic acids is 1. The summed E-state index contributed by atoms with van der Waals surface area (Å²) in [4.78, 5) is 49.9. The predicted octanol–water partition coefficient (Wildman–Crippen LogP) is -5.91. The third-order valence-electron chi connectivity index (χ3n) is 12.1. The number of aliphatic hydroxyl groups is 11. The number of carboxylic acid groups (broad SMARTS) is 1. The molecule has 2 amide bonds. The van der Waals surface area contributed by atoms with Crippen molar-refractivity contribution in [2.75, 3.05) is 46.8 Å². The Balaban J connectivity index is 1.72. The van der Waals surface area contributed by atoms with E-state index >= 15 is 0 Å². The lowest BCUT2D eigenvalue weighted by Crippen LogP contribution is -2.71. The number of hydrogen-bond acceptors (Lipinski definition) is 25. The van der Waals surface area contributed by atoms with Crippen molar-refractivity contribution < 1.29 is 128 Å². The Morgan fingerprint density at radius 3 is 2.03 bits per heavy atom. The van der Waals surface area contributed by atoms with E-state index in [-0.39, 0.29) is 25.6 Å². The molecule has 0 spiro atoms. The van der Waals surface area contributed by atoms with Gasteiger partial charge in [0.1, 0.15) is 92.0 Å². The number of methoxy groups -OCH3 is 1. The molecule has 4 aliphatic heterocycles. The van der Waals surface area contributed by atoms with Crippen molar-refractivity contribution in [1.29, 1.82) is 0 Å². The third kappa shape index (κ3) is 15.3. The number of nitrogens with one attached hydrogen (secondary N) is 2. The molecule has 0 aromatic carbocycles. The van der Waals surface area contributed by atoms with E-state index in [0.717, 1.165) is 26.2 Å². The van der Waals surface area contributed by atoms with Crippen molar-refractivity contribution in [2.45, 2.75) is 180 Å². The van der Waals surface area contributed by atoms with E-state index in [1.54, 1.807) is 0 Å². The maximum atomic E-state index is 13.3. The van der Waals surface area contributed by atoms with Crippen LogP contribution in [0, 0.1) is 0 Å². The molecule has 14 unspecified atom stereocenters. The van der Waals surface area contributed by atoms with Crippen LogP contribution in [0.4, 0.5) is 4.79 Å². The Bertz CT molecular complexity index is 1650. The number of ether oxygens (including phenoxy) is 10. The summed E-state index contributed by atoms with van der Waals surface area (Å²) < 4.78 is 57.1. The summed E-state index contributed by atoms with van der Waals surface area (Å²) in [5.41, 5.74) is 0. The van der Waals surface area contributed by atoms with Crippen LogP contribution in [0.3, 0.4) is 0 Å². The van der Waals surface area contributed by atoms with Crippen molar-refractivity contribution in [2.24, 2.45) is 0 Å². The summed E-state index contributed by atoms with van der Waals surface area (Å²) in [7, 11) is 1.31. The number of amides is 2. The van der Waals surface area contributed by atoms with E-state index in [2.05, 4.69) is 21.9 Å². The number of esters is 1. The SMILES string of the molecule is C=CCOC(=O)NC1C(OC2OC(CO)[C@@H](O)C(O[C@]3(C(=O)O)CC(O)[C@@H](NC(C)=O)C(C(O)C(O)CO)O3)C2O)[C@@H](OC2OC[C@@H](O)C(O)C2O)C(CO)O[C@H]1OCCCCCCCCC(=O)OC. The maximum absolute atomic E-state index is 13.3. The van der Waals surface area contributed by atoms with Gasteiger partial charge in [0.15, 0.2) is 18.9 Å². The zero-order valence-corrected chi connectivity index (χ0v) is 38.7. The fourth-order valence-electron chi connectivity index (χ4n) is 8.35. The van der Waals surface area contributed by atoms with Crippen LogP contribution < -0.4 is 10.6 Å². The highest BCUT2D eigenvalue weighted by Crippen LogP contribution is 2.39. The van der Waals surface area contributed by atoms with Crippen LogP contribution in [-0.2, 0) is 61.8 Å². The van der Waals surface area contributed by atoms with Gasteiger partial charge in [0.25, 0.3) is 5.79 Å². The molecule has 14 N–H and O–H groups in total. The van der Waals surface area contributed by atoms with E-state index in [9.17, 15) is 80.5 Å². The lowest BCUT2D eigenvalue weighted by Gasteiger charge is -2.51. The molecule has 4 heterocycles. The van der Waals surface area contributed by atoms with Gasteiger partial charge in [-0.25, -0.2) is 9.59 Å². The normalized spacial score (nSPS) is 37.6. The molecule has 4 aliphatic rings. The molecule has 28 nitrogen and oxygen atoms in total. The Kier molecular flexibility index (Phi) is 23.9. The van der Waals surface area contributed by atoms with E-state index in [0.29, 0.717) is 19.3 Å². The number of carbonyl (C=O) groups is 4. The summed E-state index contributed by atoms with van der Waals surface area (Å²) in [6, 6.07) is -3.25. The molecule has 0 radical (unpaired) electrons. The molecule has 0 saturated carbocycles. The minimum absolute atomic E-state index is 0.0359. The van der Waals surface area contributed by atoms with Crippen molar-refractivity contribution in [3.8, 4) is 0 Å². The number of aliphatic hydroxyl groups excluding tert-OH is 11. The summed E-state index contributed by atoms with van der Waals surface area (Å²) in [6.07, 6.45) is -29.5. The van der Waals surface area contributed by atoms with Gasteiger partial charge < -0.3 is 119 Å². The predicted molar refractivity (Wildman–Crippen MR) is 227 cm³/mol. The molecule has 0 aliphatic carbocycles. The number of alkyl carbamates (subject to hydrolysis) is 1. The first-order chi connectivity index (χ1) is 33.3. The van der Waals surface area contributed by atoms with Gasteiger partial charge in [0, 0.05) is 26.4 Å². The van der Waals surface area contributed by atoms with Crippen LogP contribution >= 0.6 is 0 Å². The van der Waals surface area contributed by atoms with Crippen LogP contribution in [0.25, 0.3) is 0 Å². The minimum atomic E-state index is -3.16. The lowest BCUT2D eigenvalue weighted by molar-refractivity contribution is -0.388. The first-order valence-electron chi connectivity index (χ1n) is 22.9. The van der Waals surface area contributed by atoms with Gasteiger partial charge in [-0.3, -0.25) is 9.59 Å². The van der Waals surface area contributed by atoms with E-state index < -0.39 is 173 Å². The highest BCUT2D eigenvalue weighted by atomic mass is 16.8. The molecule has 28 heteroatoms. The third-order valence-corrected chi connectivity index (χ3v) is 12.1. The van der Waals surface area contributed by atoms with Gasteiger partial charge in [-0.05, 0) is 12.8 Å². The molecule has 70 heavy (non-hydrogen) atoms. The Morgan fingerprint density at radius 1 is 0.771 bits per heavy atom. The highest BCUT2D eigenvalue weighted by molar-refractivity contribution is 5.76. The molecule has 0 aromatic rings. The molecule has 4 fully saturated rings. The van der Waals surface area contributed by atoms with Crippen LogP contribution in [0.2, 0.25) is 0 Å². The molecular formula is C42H70N2O26. The zero-order chi connectivity index (χ0) is 51.9. The van der Waals surface area contributed by atoms with Gasteiger partial charge in [-0.2, -0.15) is 0 Å². The quantitative estimate of drug-likeness (QED) is 0.0218. The molecule has 4 rings (SSSR count). The first kappa shape index (κ1) is 59.2. The standard InChI is InChI=1S/C42H70N2O26/c1-4-12-63-41(60)44-27-35(33(67-38-31(56)28(53)22(51)18-64-38)24(17-47)66-37(27)62-13-10-8-6-5-7-9-11-25(52)61-3)68-39-32(57)36(30(55)23(16-46)65-39)70-42(40(58)59)14-20(49)26(43-19(2)48)34(69-42)29(54)21(50)15-45/h4,20-24,26-39,45-47,49-51,53-57H,1,5-18H2,2-3H3,(H,43,48)(H,44,60)(H,58,59)/t20?,21?,22-,23?,24?,26-,27?,28?,29?,30-,31?,32?,33+,34?,35?,36?,37-,38?,39?,42+/m1/s1. The Morgan fingerprint density at radius 2 is 1.41 bits per heavy atom. The van der Waals surface area contributed by atoms with Crippen LogP contribution in [0.5, 0.6) is 0 Å². The number of carboxylic acids is 1. The largest absolute Gasteiger partial charge is 0.477 e. The zero-order valence-electron chi connectivity index (χ0n) is 38.7. The topological polar surface area (TPSA) is 427 Å². The van der Waals surface area contributed by atoms with Gasteiger partial charge in [-0.1, -0.05) is 38.3 Å². The van der Waals surface area contributed by atoms with Gasteiger partial charge in [0.2, 0.25) is 5.91 Å². The molecule has 4 saturated heterocycles. The number of rotatable bonds is 26. The maximum Gasteiger partial charge on any atom is 0.407 e. The fraction of sp³-hybridized carbons (Fsp3) is 0.857. The molecule has 0 aromatic heterocycles. The van der Waals surface area contributed by atoms with Crippen LogP contribution in [-0.4, -0.2) is 254 Å². The minimum Gasteiger partial charge on any atom is -0.477 e. The molecule has 20 atom stereocenters. The second-order valence-electron chi connectivity index (χ2n) is 17.2. The van der Waals surface area contributed by atoms with Gasteiger partial charge in [0.05, 0.1) is 45.7 Å². The van der Waals surface area contributed by atoms with Gasteiger partial charge in [-0.15, -0.1) is 0 Å². The number of unbranched alkanes of at least 4 members (excludes halogenated alkanes) is 5. The number of hydrogen-bond donors (Lipinski definition) is 14. The Labute approximate surface area is 401 Å². The highest BCUT2D eigenvalue weighted by Gasteiger charge is 2.61. The molecular weight excluding hydrogens is 948 g/mol. The van der Waals surface area contributed by atoms with Crippen LogP contribution in [0.15, 0.2) is 12.7 Å². The van der Waals surface area contributed by atoms with Crippen molar-refractivity contribution >= 4 is 23.9 Å². The van der Waals surface area contributed by atoms with Crippen molar-refractivity contribution in [1.82, 2.24) is 10.6 Å². The first-order valence-corrected chi connectivity index (χ1v) is 22.9. The summed E-state index contributed by atoms with van der Waals surface area (Å²) in [5, 5.41) is 133. The Hall–Kier alpha value is -3.34. The smallest absolute Gasteiger partial charge is 0.407 e. The van der Waals surface area contributed by atoms with Gasteiger partial charge >= 0.3 is 18.0 Å². The fourth-order valence-corrected chi connectivity index (χ4v) is 8.35. The molecule has 0 bridgehead atoms. The second-order valence-corrected chi connectivity index (χ2v) is 17.2. The van der Waals surface area contributed by atoms with E-state index in [1.807, 2.05) is 0 Å². The second kappa shape index (κ2) is 28.2. The summed E-state index contributed by atoms with van der Waals surface area (Å²) in [5.74, 6) is -6.30. The number of carbonyl (C=O) groups excluding carboxylic acids is 3. The molecule has 404 valence electrons. The monoisotopic (exact) mass is 1020 g/mol. The van der Waals surface area contributed by atoms with Crippen molar-refractivity contribution in [3.05, 3.63) is 12.7 Å². The summed E-state index contributed by atoms with van der Waals surface area (Å²) >= 11 is 0. The summed E-state index contributed by atoms with van der Waals surface area (Å²) in [6.45, 7) is 0.518. The lowest BCUT2D eigenvalue weighted by atomic mass is 9.88. The van der Waals surface area contributed by atoms with Crippen molar-refractivity contribution in [3.63, 3.8) is 0 Å². The van der Waals surface area contributed by atoms with Crippen LogP contribution in [0.1, 0.15) is 58.3 Å². The van der Waals surface area contributed by atoms with E-state index in [1.165, 1.54) is 13.2 Å². The average molecular weight is 1020 g/mol.